The van der Waals surface area contributed by atoms with E-state index in [1.54, 1.807) is 6.26 Å². The molecule has 1 rings (SSSR count). The fraction of sp³-hybridized carbons (Fsp3) is 0.400. The molecule has 0 aliphatic heterocycles. The van der Waals surface area contributed by atoms with Gasteiger partial charge in [0.25, 0.3) is 0 Å². The molecule has 0 saturated heterocycles. The zero-order valence-corrected chi connectivity index (χ0v) is 9.15. The number of phenolic OH excluding ortho intramolecular Hbond substituents is 1. The molecule has 1 aromatic carbocycles. The molecule has 0 radical (unpaired) electrons. The highest BCUT2D eigenvalue weighted by atomic mass is 32.2. The quantitative estimate of drug-likeness (QED) is 0.746. The molecule has 0 aromatic heterocycles. The third kappa shape index (κ3) is 2.01. The van der Waals surface area contributed by atoms with Gasteiger partial charge >= 0.3 is 0 Å². The molecule has 0 aliphatic carbocycles. The van der Waals surface area contributed by atoms with Crippen LogP contribution in [0.25, 0.3) is 0 Å². The van der Waals surface area contributed by atoms with Crippen LogP contribution in [0, 0.1) is 5.82 Å². The second-order valence-corrected chi connectivity index (χ2v) is 4.35. The van der Waals surface area contributed by atoms with Gasteiger partial charge in [0, 0.05) is 5.56 Å². The maximum Gasteiger partial charge on any atom is 0.146 e. The highest BCUT2D eigenvalue weighted by Gasteiger charge is 2.23. The molecule has 0 bridgehead atoms. The normalized spacial score (nSPS) is 11.8. The Bertz CT molecular complexity index is 345. The van der Waals surface area contributed by atoms with Gasteiger partial charge in [-0.25, -0.2) is 4.39 Å². The number of halogens is 1. The average molecular weight is 216 g/mol. The molecule has 0 unspecified atom stereocenters. The molecule has 0 heterocycles. The van der Waals surface area contributed by atoms with Crippen molar-refractivity contribution >= 4 is 11.8 Å². The number of aromatic hydroxyl groups is 1. The number of thioether (sulfide) groups is 1. The van der Waals surface area contributed by atoms with Gasteiger partial charge in [0.1, 0.15) is 11.6 Å². The first kappa shape index (κ1) is 11.3. The van der Waals surface area contributed by atoms with Crippen molar-refractivity contribution in [1.82, 2.24) is 0 Å². The van der Waals surface area contributed by atoms with Crippen molar-refractivity contribution in [2.75, 3.05) is 6.26 Å². The van der Waals surface area contributed by atoms with E-state index in [2.05, 4.69) is 0 Å². The fourth-order valence-corrected chi connectivity index (χ4v) is 1.78. The Morgan fingerprint density at radius 2 is 1.93 bits per heavy atom. The Morgan fingerprint density at radius 1 is 1.36 bits per heavy atom. The lowest BCUT2D eigenvalue weighted by atomic mass is 9.98. The fourth-order valence-electron chi connectivity index (χ4n) is 1.21. The highest BCUT2D eigenvalue weighted by molar-refractivity contribution is 7.98. The van der Waals surface area contributed by atoms with Crippen molar-refractivity contribution in [3.8, 4) is 5.75 Å². The Hall–Kier alpha value is -0.740. The van der Waals surface area contributed by atoms with Gasteiger partial charge in [0.15, 0.2) is 0 Å². The van der Waals surface area contributed by atoms with Crippen LogP contribution in [0.2, 0.25) is 0 Å². The maximum atomic E-state index is 13.7. The number of hydrogen-bond acceptors (Lipinski definition) is 3. The first-order valence-corrected chi connectivity index (χ1v) is 5.38. The van der Waals surface area contributed by atoms with Gasteiger partial charge < -0.3 is 10.2 Å². The zero-order valence-electron chi connectivity index (χ0n) is 8.34. The number of benzene rings is 1. The third-order valence-electron chi connectivity index (χ3n) is 1.94. The molecule has 0 fully saturated rings. The van der Waals surface area contributed by atoms with Crippen molar-refractivity contribution < 1.29 is 14.6 Å². The third-order valence-corrected chi connectivity index (χ3v) is 2.74. The monoisotopic (exact) mass is 216 g/mol. The van der Waals surface area contributed by atoms with E-state index in [0.717, 1.165) is 11.8 Å². The lowest BCUT2D eigenvalue weighted by Gasteiger charge is -2.19. The van der Waals surface area contributed by atoms with E-state index in [9.17, 15) is 14.6 Å². The molecule has 0 atom stereocenters. The summed E-state index contributed by atoms with van der Waals surface area (Å²) in [7, 11) is 0. The van der Waals surface area contributed by atoms with Gasteiger partial charge in [-0.3, -0.25) is 0 Å². The molecular weight excluding hydrogens is 203 g/mol. The van der Waals surface area contributed by atoms with Crippen molar-refractivity contribution in [1.29, 1.82) is 0 Å². The van der Waals surface area contributed by atoms with Crippen LogP contribution in [-0.4, -0.2) is 16.5 Å². The Balaban J connectivity index is 3.36. The molecule has 78 valence electrons. The number of rotatable bonds is 2. The molecule has 0 saturated carbocycles. The predicted octanol–water partition coefficient (Wildman–Crippen LogP) is 2.48. The van der Waals surface area contributed by atoms with Gasteiger partial charge in [0.05, 0.1) is 10.5 Å². The van der Waals surface area contributed by atoms with Gasteiger partial charge in [0.2, 0.25) is 0 Å². The summed E-state index contributed by atoms with van der Waals surface area (Å²) in [5.41, 5.74) is -1.04. The van der Waals surface area contributed by atoms with E-state index < -0.39 is 11.4 Å². The van der Waals surface area contributed by atoms with Crippen LogP contribution in [0.15, 0.2) is 17.0 Å². The standard InChI is InChI=1S/C10H13FO2S/c1-10(2,13)6-4-5-7(12)9(14-3)8(6)11/h4-5,12-13H,1-3H3. The van der Waals surface area contributed by atoms with Crippen LogP contribution in [0.1, 0.15) is 19.4 Å². The summed E-state index contributed by atoms with van der Waals surface area (Å²) < 4.78 is 13.7. The first-order valence-electron chi connectivity index (χ1n) is 4.16. The maximum absolute atomic E-state index is 13.7. The molecule has 0 aliphatic rings. The van der Waals surface area contributed by atoms with Crippen molar-refractivity contribution in [2.24, 2.45) is 0 Å². The number of aliphatic hydroxyl groups is 1. The van der Waals surface area contributed by atoms with E-state index >= 15 is 0 Å². The lowest BCUT2D eigenvalue weighted by molar-refractivity contribution is 0.0739. The topological polar surface area (TPSA) is 40.5 Å². The zero-order chi connectivity index (χ0) is 10.9. The molecule has 4 heteroatoms. The molecule has 1 aromatic rings. The van der Waals surface area contributed by atoms with E-state index in [1.165, 1.54) is 26.0 Å². The lowest BCUT2D eigenvalue weighted by Crippen LogP contribution is -2.17. The summed E-state index contributed by atoms with van der Waals surface area (Å²) in [4.78, 5) is 0.171. The second-order valence-electron chi connectivity index (χ2n) is 3.54. The summed E-state index contributed by atoms with van der Waals surface area (Å²) in [5, 5.41) is 19.0. The summed E-state index contributed by atoms with van der Waals surface area (Å²) in [6.45, 7) is 3.01. The smallest absolute Gasteiger partial charge is 0.146 e. The van der Waals surface area contributed by atoms with Crippen LogP contribution >= 0.6 is 11.8 Å². The van der Waals surface area contributed by atoms with E-state index in [-0.39, 0.29) is 16.2 Å². The summed E-state index contributed by atoms with van der Waals surface area (Å²) in [5.74, 6) is -0.645. The van der Waals surface area contributed by atoms with E-state index in [0.29, 0.717) is 0 Å². The van der Waals surface area contributed by atoms with Crippen LogP contribution in [-0.2, 0) is 5.60 Å². The van der Waals surface area contributed by atoms with Gasteiger partial charge in [-0.1, -0.05) is 0 Å². The molecule has 0 amide bonds. The molecule has 2 N–H and O–H groups in total. The highest BCUT2D eigenvalue weighted by Crippen LogP contribution is 2.35. The van der Waals surface area contributed by atoms with E-state index in [4.69, 9.17) is 0 Å². The van der Waals surface area contributed by atoms with E-state index in [1.807, 2.05) is 0 Å². The molecule has 0 spiro atoms. The van der Waals surface area contributed by atoms with Gasteiger partial charge in [-0.05, 0) is 32.2 Å². The SMILES string of the molecule is CSc1c(O)ccc(C(C)(C)O)c1F. The largest absolute Gasteiger partial charge is 0.507 e. The average Bonchev–Trinajstić information content (AvgIpc) is 2.02. The van der Waals surface area contributed by atoms with Crippen LogP contribution < -0.4 is 0 Å². The number of phenols is 1. The minimum Gasteiger partial charge on any atom is -0.507 e. The van der Waals surface area contributed by atoms with Crippen molar-refractivity contribution in [3.63, 3.8) is 0 Å². The Kier molecular flexibility index (Phi) is 3.07. The van der Waals surface area contributed by atoms with Gasteiger partial charge in [-0.15, -0.1) is 11.8 Å². The molecule has 14 heavy (non-hydrogen) atoms. The van der Waals surface area contributed by atoms with Crippen LogP contribution in [0.4, 0.5) is 4.39 Å². The summed E-state index contributed by atoms with van der Waals surface area (Å²) in [6, 6.07) is 2.78. The van der Waals surface area contributed by atoms with Crippen LogP contribution in [0.5, 0.6) is 5.75 Å². The summed E-state index contributed by atoms with van der Waals surface area (Å²) in [6.07, 6.45) is 1.67. The van der Waals surface area contributed by atoms with Crippen LogP contribution in [0.3, 0.4) is 0 Å². The van der Waals surface area contributed by atoms with Gasteiger partial charge in [-0.2, -0.15) is 0 Å². The Morgan fingerprint density at radius 3 is 2.36 bits per heavy atom. The molecular formula is C10H13FO2S. The Labute approximate surface area is 86.8 Å². The second kappa shape index (κ2) is 3.79. The minimum atomic E-state index is -1.23. The predicted molar refractivity (Wildman–Crippen MR) is 55.1 cm³/mol. The number of hydrogen-bond donors (Lipinski definition) is 2. The minimum absolute atomic E-state index is 0.0944. The molecule has 2 nitrogen and oxygen atoms in total. The van der Waals surface area contributed by atoms with Crippen molar-refractivity contribution in [3.05, 3.63) is 23.5 Å². The summed E-state index contributed by atoms with van der Waals surface area (Å²) >= 11 is 1.12. The first-order chi connectivity index (χ1) is 6.38. The van der Waals surface area contributed by atoms with Crippen molar-refractivity contribution in [2.45, 2.75) is 24.3 Å².